The van der Waals surface area contributed by atoms with Gasteiger partial charge in [0.2, 0.25) is 0 Å². The molecule has 1 aromatic heterocycles. The number of methoxy groups -OCH3 is 2. The van der Waals surface area contributed by atoms with Gasteiger partial charge in [0.1, 0.15) is 4.75 Å². The fourth-order valence-electron chi connectivity index (χ4n) is 2.72. The van der Waals surface area contributed by atoms with Crippen LogP contribution in [0, 0.1) is 11.3 Å². The molecule has 6 heteroatoms. The number of hydrogen-bond acceptors (Lipinski definition) is 5. The average molecular weight is 435 g/mol. The highest BCUT2D eigenvalue weighted by Gasteiger charge is 2.34. The van der Waals surface area contributed by atoms with Crippen LogP contribution in [0.15, 0.2) is 47.6 Å². The summed E-state index contributed by atoms with van der Waals surface area (Å²) in [6, 6.07) is 14.0. The molecular formula is C20H23BrN2O2S. The average Bonchev–Trinajstić information content (AvgIpc) is 2.70. The van der Waals surface area contributed by atoms with Crippen molar-refractivity contribution in [3.8, 4) is 17.6 Å². The van der Waals surface area contributed by atoms with Crippen molar-refractivity contribution < 1.29 is 9.47 Å². The molecule has 0 saturated carbocycles. The second kappa shape index (κ2) is 10.4. The normalized spacial score (nSPS) is 12.8. The number of halogens is 1. The summed E-state index contributed by atoms with van der Waals surface area (Å²) in [5, 5.41) is 12.0. The van der Waals surface area contributed by atoms with Gasteiger partial charge < -0.3 is 9.47 Å². The van der Waals surface area contributed by atoms with E-state index in [1.54, 1.807) is 20.4 Å². The first-order valence-electron chi connectivity index (χ1n) is 8.49. The van der Waals surface area contributed by atoms with Gasteiger partial charge in [-0.05, 0) is 42.7 Å². The molecule has 2 aromatic rings. The minimum Gasteiger partial charge on any atom is -0.493 e. The zero-order valence-electron chi connectivity index (χ0n) is 15.1. The second-order valence-electron chi connectivity index (χ2n) is 5.78. The molecule has 0 saturated heterocycles. The first kappa shape index (κ1) is 20.6. The van der Waals surface area contributed by atoms with Crippen LogP contribution in [0.25, 0.3) is 0 Å². The van der Waals surface area contributed by atoms with Gasteiger partial charge in [-0.1, -0.05) is 52.7 Å². The van der Waals surface area contributed by atoms with E-state index in [1.807, 2.05) is 36.4 Å². The monoisotopic (exact) mass is 434 g/mol. The van der Waals surface area contributed by atoms with Crippen LogP contribution in [0.5, 0.6) is 11.5 Å². The van der Waals surface area contributed by atoms with E-state index >= 15 is 0 Å². The molecule has 0 N–H and O–H groups in total. The number of thioether (sulfide) groups is 1. The van der Waals surface area contributed by atoms with Gasteiger partial charge >= 0.3 is 0 Å². The molecule has 1 aromatic carbocycles. The third-order valence-corrected chi connectivity index (χ3v) is 6.00. The van der Waals surface area contributed by atoms with E-state index in [4.69, 9.17) is 9.47 Å². The summed E-state index contributed by atoms with van der Waals surface area (Å²) in [5.74, 6) is 1.29. The van der Waals surface area contributed by atoms with E-state index in [9.17, 15) is 5.26 Å². The number of nitriles is 1. The lowest BCUT2D eigenvalue weighted by atomic mass is 9.93. The summed E-state index contributed by atoms with van der Waals surface area (Å²) >= 11 is 4.97. The van der Waals surface area contributed by atoms with Gasteiger partial charge in [0, 0.05) is 11.5 Å². The summed E-state index contributed by atoms with van der Waals surface area (Å²) < 4.78 is 10.1. The van der Waals surface area contributed by atoms with Crippen LogP contribution in [-0.2, 0) is 4.75 Å². The van der Waals surface area contributed by atoms with Crippen LogP contribution in [0.1, 0.15) is 31.2 Å². The number of nitrogens with zero attached hydrogens (tertiary/aromatic N) is 2. The Morgan fingerprint density at radius 3 is 2.54 bits per heavy atom. The predicted octanol–water partition coefficient (Wildman–Crippen LogP) is 5.57. The SMILES string of the molecule is COc1ccc(C(C#N)(CCCCCBr)Sc2ccccn2)cc1OC. The summed E-state index contributed by atoms with van der Waals surface area (Å²) in [6.45, 7) is 0. The molecule has 0 aliphatic rings. The number of benzene rings is 1. The van der Waals surface area contributed by atoms with Crippen molar-refractivity contribution >= 4 is 27.7 Å². The number of ether oxygens (including phenoxy) is 2. The third kappa shape index (κ3) is 5.15. The highest BCUT2D eigenvalue weighted by atomic mass is 79.9. The number of pyridine rings is 1. The molecule has 1 heterocycles. The van der Waals surface area contributed by atoms with Crippen LogP contribution < -0.4 is 9.47 Å². The lowest BCUT2D eigenvalue weighted by molar-refractivity contribution is 0.354. The fraction of sp³-hybridized carbons (Fsp3) is 0.400. The lowest BCUT2D eigenvalue weighted by Gasteiger charge is -2.27. The summed E-state index contributed by atoms with van der Waals surface area (Å²) in [6.07, 6.45) is 5.64. The maximum atomic E-state index is 10.2. The van der Waals surface area contributed by atoms with Gasteiger partial charge in [-0.25, -0.2) is 4.98 Å². The van der Waals surface area contributed by atoms with Crippen LogP contribution in [0.4, 0.5) is 0 Å². The summed E-state index contributed by atoms with van der Waals surface area (Å²) in [5.41, 5.74) is 0.909. The zero-order valence-corrected chi connectivity index (χ0v) is 17.5. The Kier molecular flexibility index (Phi) is 8.27. The highest BCUT2D eigenvalue weighted by molar-refractivity contribution is 9.09. The van der Waals surface area contributed by atoms with E-state index in [0.717, 1.165) is 41.6 Å². The molecule has 1 unspecified atom stereocenters. The first-order valence-corrected chi connectivity index (χ1v) is 10.4. The molecule has 0 radical (unpaired) electrons. The smallest absolute Gasteiger partial charge is 0.161 e. The van der Waals surface area contributed by atoms with Crippen molar-refractivity contribution in [2.75, 3.05) is 19.5 Å². The van der Waals surface area contributed by atoms with Gasteiger partial charge in [0.05, 0.1) is 25.3 Å². The Balaban J connectivity index is 2.39. The first-order chi connectivity index (χ1) is 12.7. The van der Waals surface area contributed by atoms with Crippen molar-refractivity contribution in [3.05, 3.63) is 48.2 Å². The lowest BCUT2D eigenvalue weighted by Crippen LogP contribution is -2.20. The van der Waals surface area contributed by atoms with E-state index in [0.29, 0.717) is 11.5 Å². The van der Waals surface area contributed by atoms with Gasteiger partial charge in [0.15, 0.2) is 11.5 Å². The van der Waals surface area contributed by atoms with E-state index in [2.05, 4.69) is 27.0 Å². The summed E-state index contributed by atoms with van der Waals surface area (Å²) in [7, 11) is 3.22. The molecule has 4 nitrogen and oxygen atoms in total. The number of rotatable bonds is 10. The molecular weight excluding hydrogens is 412 g/mol. The molecule has 138 valence electrons. The van der Waals surface area contributed by atoms with Crippen LogP contribution in [0.3, 0.4) is 0 Å². The number of alkyl halides is 1. The van der Waals surface area contributed by atoms with E-state index in [1.165, 1.54) is 11.8 Å². The quantitative estimate of drug-likeness (QED) is 0.278. The molecule has 0 fully saturated rings. The van der Waals surface area contributed by atoms with Crippen molar-refractivity contribution in [1.29, 1.82) is 5.26 Å². The van der Waals surface area contributed by atoms with Crippen LogP contribution >= 0.6 is 27.7 Å². The molecule has 0 aliphatic carbocycles. The molecule has 26 heavy (non-hydrogen) atoms. The van der Waals surface area contributed by atoms with Crippen LogP contribution in [0.2, 0.25) is 0 Å². The second-order valence-corrected chi connectivity index (χ2v) is 7.89. The fourth-order valence-corrected chi connectivity index (χ4v) is 4.27. The van der Waals surface area contributed by atoms with Gasteiger partial charge in [-0.2, -0.15) is 5.26 Å². The van der Waals surface area contributed by atoms with Gasteiger partial charge in [-0.15, -0.1) is 0 Å². The van der Waals surface area contributed by atoms with Gasteiger partial charge in [0.25, 0.3) is 0 Å². The zero-order chi connectivity index (χ0) is 18.8. The van der Waals surface area contributed by atoms with Crippen molar-refractivity contribution in [2.45, 2.75) is 35.5 Å². The Bertz CT molecular complexity index is 736. The standard InChI is InChI=1S/C20H23BrN2O2S/c1-24-17-10-9-16(14-18(17)25-2)20(15-22,11-5-3-6-12-21)26-19-8-4-7-13-23-19/h4,7-10,13-14H,3,5-6,11-12H2,1-2H3. The maximum Gasteiger partial charge on any atom is 0.161 e. The van der Waals surface area contributed by atoms with Crippen molar-refractivity contribution in [1.82, 2.24) is 4.98 Å². The van der Waals surface area contributed by atoms with E-state index < -0.39 is 4.75 Å². The topological polar surface area (TPSA) is 55.1 Å². The predicted molar refractivity (Wildman–Crippen MR) is 109 cm³/mol. The highest BCUT2D eigenvalue weighted by Crippen LogP contribution is 2.46. The minimum absolute atomic E-state index is 0.631. The van der Waals surface area contributed by atoms with Crippen LogP contribution in [-0.4, -0.2) is 24.5 Å². The molecule has 0 aliphatic heterocycles. The van der Waals surface area contributed by atoms with E-state index in [-0.39, 0.29) is 0 Å². The molecule has 0 amide bonds. The minimum atomic E-state index is -0.722. The Morgan fingerprint density at radius 1 is 1.12 bits per heavy atom. The number of unbranched alkanes of at least 4 members (excludes halogenated alkanes) is 2. The van der Waals surface area contributed by atoms with Gasteiger partial charge in [-0.3, -0.25) is 0 Å². The van der Waals surface area contributed by atoms with Crippen molar-refractivity contribution in [2.24, 2.45) is 0 Å². The largest absolute Gasteiger partial charge is 0.493 e. The summed E-state index contributed by atoms with van der Waals surface area (Å²) in [4.78, 5) is 4.41. The van der Waals surface area contributed by atoms with Crippen molar-refractivity contribution in [3.63, 3.8) is 0 Å². The molecule has 1 atom stereocenters. The Morgan fingerprint density at radius 2 is 1.92 bits per heavy atom. The number of aromatic nitrogens is 1. The Hall–Kier alpha value is -1.71. The molecule has 2 rings (SSSR count). The maximum absolute atomic E-state index is 10.2. The third-order valence-electron chi connectivity index (χ3n) is 4.11. The molecule has 0 spiro atoms. The molecule has 0 bridgehead atoms. The Labute approximate surface area is 168 Å². The number of hydrogen-bond donors (Lipinski definition) is 0.